The van der Waals surface area contributed by atoms with Gasteiger partial charge in [0.25, 0.3) is 0 Å². The summed E-state index contributed by atoms with van der Waals surface area (Å²) in [5.74, 6) is 0. The van der Waals surface area contributed by atoms with E-state index in [-0.39, 0.29) is 0 Å². The largest absolute Gasteiger partial charge is 0.453 e. The van der Waals surface area contributed by atoms with Crippen LogP contribution in [0.4, 0.5) is 17.1 Å². The molecule has 0 amide bonds. The number of anilines is 3. The average Bonchev–Trinajstić information content (AvgIpc) is 3.72. The van der Waals surface area contributed by atoms with Gasteiger partial charge in [-0.05, 0) is 110 Å². The van der Waals surface area contributed by atoms with Gasteiger partial charge in [-0.3, -0.25) is 0 Å². The van der Waals surface area contributed by atoms with E-state index in [1.54, 1.807) is 6.08 Å². The number of allylic oxidation sites excluding steroid dienone is 5. The first-order valence-corrected chi connectivity index (χ1v) is 20.8. The molecule has 0 saturated carbocycles. The summed E-state index contributed by atoms with van der Waals surface area (Å²) >= 11 is 0. The average molecular weight is 782 g/mol. The molecule has 290 valence electrons. The number of para-hydroxylation sites is 1. The first kappa shape index (κ1) is 37.3. The van der Waals surface area contributed by atoms with Crippen molar-refractivity contribution < 1.29 is 4.42 Å². The molecule has 0 fully saturated rings. The number of nitrogens with zero attached hydrogens (tertiary/aromatic N) is 1. The molecule has 2 nitrogen and oxygen atoms in total. The highest BCUT2D eigenvalue weighted by Gasteiger charge is 2.23. The highest BCUT2D eigenvalue weighted by Crippen LogP contribution is 2.47. The van der Waals surface area contributed by atoms with Crippen molar-refractivity contribution in [2.45, 2.75) is 6.92 Å². The van der Waals surface area contributed by atoms with E-state index in [4.69, 9.17) is 4.42 Å². The number of hydrogen-bond acceptors (Lipinski definition) is 2. The van der Waals surface area contributed by atoms with Crippen LogP contribution in [0.1, 0.15) is 12.5 Å². The van der Waals surface area contributed by atoms with E-state index >= 15 is 0 Å². The summed E-state index contributed by atoms with van der Waals surface area (Å²) in [6.45, 7) is 6.06. The van der Waals surface area contributed by atoms with Crippen molar-refractivity contribution in [1.82, 2.24) is 0 Å². The number of benzene rings is 9. The van der Waals surface area contributed by atoms with Crippen LogP contribution in [0.15, 0.2) is 242 Å². The van der Waals surface area contributed by atoms with Gasteiger partial charge in [0.05, 0.1) is 5.69 Å². The molecular formula is C59H43NO. The summed E-state index contributed by atoms with van der Waals surface area (Å²) in [6.07, 6.45) is 7.96. The normalized spacial score (nSPS) is 11.8. The first-order chi connectivity index (χ1) is 30.1. The molecule has 0 aliphatic carbocycles. The molecule has 0 aliphatic heterocycles. The van der Waals surface area contributed by atoms with Gasteiger partial charge in [-0.1, -0.05) is 195 Å². The van der Waals surface area contributed by atoms with Gasteiger partial charge >= 0.3 is 0 Å². The molecule has 61 heavy (non-hydrogen) atoms. The first-order valence-electron chi connectivity index (χ1n) is 20.8. The van der Waals surface area contributed by atoms with E-state index in [1.165, 1.54) is 38.6 Å². The summed E-state index contributed by atoms with van der Waals surface area (Å²) in [6, 6.07) is 73.9. The predicted octanol–water partition coefficient (Wildman–Crippen LogP) is 17.0. The summed E-state index contributed by atoms with van der Waals surface area (Å²) < 4.78 is 7.17. The van der Waals surface area contributed by atoms with Gasteiger partial charge < -0.3 is 9.32 Å². The van der Waals surface area contributed by atoms with E-state index in [2.05, 4.69) is 231 Å². The molecule has 0 N–H and O–H groups in total. The summed E-state index contributed by atoms with van der Waals surface area (Å²) in [7, 11) is 0. The van der Waals surface area contributed by atoms with Crippen molar-refractivity contribution in [3.63, 3.8) is 0 Å². The lowest BCUT2D eigenvalue weighted by Crippen LogP contribution is -2.11. The minimum atomic E-state index is 0.827. The Morgan fingerprint density at radius 3 is 1.74 bits per heavy atom. The van der Waals surface area contributed by atoms with Crippen LogP contribution in [0, 0.1) is 0 Å². The van der Waals surface area contributed by atoms with Crippen molar-refractivity contribution >= 4 is 55.3 Å². The second-order valence-corrected chi connectivity index (χ2v) is 15.4. The highest BCUT2D eigenvalue weighted by molar-refractivity contribution is 6.15. The van der Waals surface area contributed by atoms with Gasteiger partial charge in [-0.15, -0.1) is 0 Å². The second-order valence-electron chi connectivity index (χ2n) is 15.4. The van der Waals surface area contributed by atoms with Crippen molar-refractivity contribution in [1.29, 1.82) is 0 Å². The zero-order valence-electron chi connectivity index (χ0n) is 34.0. The maximum Gasteiger partial charge on any atom is 0.159 e. The molecule has 9 aromatic carbocycles. The van der Waals surface area contributed by atoms with Crippen LogP contribution in [0.3, 0.4) is 0 Å². The molecule has 1 heterocycles. The molecule has 0 atom stereocenters. The topological polar surface area (TPSA) is 16.4 Å². The molecule has 0 radical (unpaired) electrons. The molecule has 10 rings (SSSR count). The lowest BCUT2D eigenvalue weighted by atomic mass is 9.96. The Kier molecular flexibility index (Phi) is 10.0. The maximum absolute atomic E-state index is 7.17. The third-order valence-corrected chi connectivity index (χ3v) is 11.6. The Bertz CT molecular complexity index is 3250. The van der Waals surface area contributed by atoms with E-state index in [0.717, 1.165) is 66.8 Å². The van der Waals surface area contributed by atoms with Crippen molar-refractivity contribution in [3.8, 4) is 44.5 Å². The molecular weight excluding hydrogens is 739 g/mol. The Morgan fingerprint density at radius 2 is 1.03 bits per heavy atom. The van der Waals surface area contributed by atoms with Crippen LogP contribution in [0.2, 0.25) is 0 Å². The van der Waals surface area contributed by atoms with Crippen molar-refractivity contribution in [2.75, 3.05) is 4.90 Å². The highest BCUT2D eigenvalue weighted by atomic mass is 16.3. The van der Waals surface area contributed by atoms with Crippen molar-refractivity contribution in [2.24, 2.45) is 0 Å². The van der Waals surface area contributed by atoms with Crippen LogP contribution >= 0.6 is 0 Å². The fourth-order valence-corrected chi connectivity index (χ4v) is 8.50. The van der Waals surface area contributed by atoms with Crippen LogP contribution < -0.4 is 4.90 Å². The molecule has 0 aliphatic rings. The smallest absolute Gasteiger partial charge is 0.159 e. The number of furan rings is 1. The SMILES string of the molecule is C=C/C=C\C=C(/C)c1cc(N(c2ccc(-c3cccc(-c4ccccc4)c3)cc2)c2ccc3cccc(-c4ccccc4)c3c2)c2oc3c(-c4ccccc4)cccc3c2c1. The van der Waals surface area contributed by atoms with Gasteiger partial charge in [0.1, 0.15) is 5.58 Å². The predicted molar refractivity (Wildman–Crippen MR) is 261 cm³/mol. The summed E-state index contributed by atoms with van der Waals surface area (Å²) in [5.41, 5.74) is 16.2. The molecule has 1 aromatic heterocycles. The number of rotatable bonds is 10. The Balaban J connectivity index is 1.22. The lowest BCUT2D eigenvalue weighted by molar-refractivity contribution is 0.670. The molecule has 0 bridgehead atoms. The molecule has 0 spiro atoms. The van der Waals surface area contributed by atoms with Gasteiger partial charge in [0.2, 0.25) is 0 Å². The standard InChI is InChI=1S/C59H43NO/c1-3-4-8-18-41(2)49-38-56-54-30-17-29-53(45-23-13-7-14-24-45)58(54)61-59(56)57(39-49)60(51-36-33-46-25-16-28-52(55(46)40-51)44-21-11-6-12-22-44)50-34-31-43(32-35-50)48-27-15-26-47(37-48)42-19-9-5-10-20-42/h3-40H,1H2,2H3/b8-4-,41-18+. The van der Waals surface area contributed by atoms with E-state index in [9.17, 15) is 0 Å². The van der Waals surface area contributed by atoms with Crippen LogP contribution in [-0.2, 0) is 0 Å². The van der Waals surface area contributed by atoms with E-state index in [0.29, 0.717) is 0 Å². The fraction of sp³-hybridized carbons (Fsp3) is 0.0169. The van der Waals surface area contributed by atoms with E-state index in [1.807, 2.05) is 12.2 Å². The minimum Gasteiger partial charge on any atom is -0.453 e. The van der Waals surface area contributed by atoms with E-state index < -0.39 is 0 Å². The van der Waals surface area contributed by atoms with Crippen molar-refractivity contribution in [3.05, 3.63) is 243 Å². The van der Waals surface area contributed by atoms with Crippen LogP contribution in [0.25, 0.3) is 82.8 Å². The zero-order valence-corrected chi connectivity index (χ0v) is 34.0. The quantitative estimate of drug-likeness (QED) is 0.129. The zero-order chi connectivity index (χ0) is 41.1. The third kappa shape index (κ3) is 7.26. The monoisotopic (exact) mass is 781 g/mol. The Hall–Kier alpha value is -7.94. The summed E-state index contributed by atoms with van der Waals surface area (Å²) in [4.78, 5) is 2.37. The Labute approximate surface area is 357 Å². The third-order valence-electron chi connectivity index (χ3n) is 11.6. The Morgan fingerprint density at radius 1 is 0.443 bits per heavy atom. The number of hydrogen-bond donors (Lipinski definition) is 0. The molecule has 0 saturated heterocycles. The maximum atomic E-state index is 7.17. The molecule has 10 aromatic rings. The van der Waals surface area contributed by atoms with Gasteiger partial charge in [0.15, 0.2) is 5.58 Å². The van der Waals surface area contributed by atoms with Gasteiger partial charge in [0, 0.05) is 27.7 Å². The van der Waals surface area contributed by atoms with Gasteiger partial charge in [-0.2, -0.15) is 0 Å². The van der Waals surface area contributed by atoms with Gasteiger partial charge in [-0.25, -0.2) is 0 Å². The fourth-order valence-electron chi connectivity index (χ4n) is 8.50. The second kappa shape index (κ2) is 16.4. The summed E-state index contributed by atoms with van der Waals surface area (Å²) in [5, 5.41) is 4.50. The lowest BCUT2D eigenvalue weighted by Gasteiger charge is -2.27. The van der Waals surface area contributed by atoms with Crippen LogP contribution in [-0.4, -0.2) is 0 Å². The number of fused-ring (bicyclic) bond motifs is 4. The minimum absolute atomic E-state index is 0.827. The molecule has 0 unspecified atom stereocenters. The van der Waals surface area contributed by atoms with Crippen LogP contribution in [0.5, 0.6) is 0 Å². The molecule has 2 heteroatoms.